The van der Waals surface area contributed by atoms with Gasteiger partial charge in [-0.2, -0.15) is 0 Å². The average molecular weight is 295 g/mol. The molecule has 4 nitrogen and oxygen atoms in total. The molecule has 3 N–H and O–H groups in total. The van der Waals surface area contributed by atoms with Crippen LogP contribution >= 0.6 is 15.9 Å². The zero-order chi connectivity index (χ0) is 12.2. The Balaban J connectivity index is 2.67. The van der Waals surface area contributed by atoms with Crippen LogP contribution in [0.5, 0.6) is 17.2 Å². The van der Waals surface area contributed by atoms with Gasteiger partial charge < -0.3 is 19.7 Å². The van der Waals surface area contributed by atoms with Gasteiger partial charge in [0.15, 0.2) is 11.3 Å². The summed E-state index contributed by atoms with van der Waals surface area (Å²) in [7, 11) is 0. The van der Waals surface area contributed by atoms with Gasteiger partial charge in [0, 0.05) is 5.39 Å². The first-order valence-corrected chi connectivity index (χ1v) is 5.64. The number of phenolic OH excluding ortho intramolecular Hbond substituents is 3. The lowest BCUT2D eigenvalue weighted by Gasteiger charge is -2.04. The highest BCUT2D eigenvalue weighted by Gasteiger charge is 2.22. The average Bonchev–Trinajstić information content (AvgIpc) is 2.73. The minimum absolute atomic E-state index is 0.0500. The summed E-state index contributed by atoms with van der Waals surface area (Å²) in [6, 6.07) is 7.07. The third-order valence-corrected chi connectivity index (χ3v) is 3.44. The molecule has 3 aromatic rings. The molecular formula is C12H7BrO4. The summed E-state index contributed by atoms with van der Waals surface area (Å²) in [6.45, 7) is 0. The molecule has 17 heavy (non-hydrogen) atoms. The fourth-order valence-electron chi connectivity index (χ4n) is 1.88. The summed E-state index contributed by atoms with van der Waals surface area (Å²) in [4.78, 5) is 0. The molecule has 3 rings (SSSR count). The van der Waals surface area contributed by atoms with Gasteiger partial charge in [-0.1, -0.05) is 18.2 Å². The highest BCUT2D eigenvalue weighted by molar-refractivity contribution is 9.10. The van der Waals surface area contributed by atoms with E-state index in [1.165, 1.54) is 0 Å². The molecule has 0 unspecified atom stereocenters. The van der Waals surface area contributed by atoms with E-state index < -0.39 is 5.75 Å². The number of para-hydroxylation sites is 1. The monoisotopic (exact) mass is 294 g/mol. The van der Waals surface area contributed by atoms with Crippen LogP contribution in [0.4, 0.5) is 0 Å². The molecule has 0 radical (unpaired) electrons. The molecule has 5 heteroatoms. The molecule has 0 fully saturated rings. The fraction of sp³-hybridized carbons (Fsp3) is 0. The van der Waals surface area contributed by atoms with Crippen LogP contribution in [0.15, 0.2) is 33.2 Å². The summed E-state index contributed by atoms with van der Waals surface area (Å²) in [5.74, 6) is -0.977. The van der Waals surface area contributed by atoms with Crippen molar-refractivity contribution in [3.05, 3.63) is 28.7 Å². The zero-order valence-corrected chi connectivity index (χ0v) is 10.0. The van der Waals surface area contributed by atoms with Crippen LogP contribution in [0.25, 0.3) is 21.9 Å². The van der Waals surface area contributed by atoms with E-state index >= 15 is 0 Å². The lowest BCUT2D eigenvalue weighted by molar-refractivity contribution is 0.393. The minimum Gasteiger partial charge on any atom is -0.506 e. The van der Waals surface area contributed by atoms with Crippen molar-refractivity contribution < 1.29 is 19.7 Å². The van der Waals surface area contributed by atoms with Crippen molar-refractivity contribution in [1.29, 1.82) is 0 Å². The Morgan fingerprint density at radius 3 is 2.41 bits per heavy atom. The topological polar surface area (TPSA) is 73.8 Å². The molecule has 0 saturated heterocycles. The highest BCUT2D eigenvalue weighted by Crippen LogP contribution is 2.50. The molecule has 0 bridgehead atoms. The molecule has 0 aliphatic carbocycles. The number of phenols is 3. The van der Waals surface area contributed by atoms with Crippen LogP contribution in [0, 0.1) is 0 Å². The number of fused-ring (bicyclic) bond motifs is 3. The Morgan fingerprint density at radius 2 is 1.65 bits per heavy atom. The molecule has 1 heterocycles. The highest BCUT2D eigenvalue weighted by atomic mass is 79.9. The smallest absolute Gasteiger partial charge is 0.203 e. The third-order valence-electron chi connectivity index (χ3n) is 2.69. The minimum atomic E-state index is -0.436. The van der Waals surface area contributed by atoms with Gasteiger partial charge in [-0.25, -0.2) is 0 Å². The molecule has 1 aromatic heterocycles. The van der Waals surface area contributed by atoms with Crippen molar-refractivity contribution >= 4 is 37.9 Å². The van der Waals surface area contributed by atoms with E-state index in [4.69, 9.17) is 4.42 Å². The van der Waals surface area contributed by atoms with Crippen LogP contribution in [0.3, 0.4) is 0 Å². The molecule has 0 amide bonds. The summed E-state index contributed by atoms with van der Waals surface area (Å²) in [5.41, 5.74) is 0.606. The Kier molecular flexibility index (Phi) is 2.00. The molecule has 0 aliphatic heterocycles. The summed E-state index contributed by atoms with van der Waals surface area (Å²) < 4.78 is 5.46. The van der Waals surface area contributed by atoms with Gasteiger partial charge in [0.25, 0.3) is 0 Å². The van der Waals surface area contributed by atoms with E-state index in [-0.39, 0.29) is 21.6 Å². The van der Waals surface area contributed by atoms with Gasteiger partial charge in [0.05, 0.1) is 5.39 Å². The first-order chi connectivity index (χ1) is 8.11. The summed E-state index contributed by atoms with van der Waals surface area (Å²) >= 11 is 3.02. The van der Waals surface area contributed by atoms with Gasteiger partial charge in [-0.15, -0.1) is 0 Å². The van der Waals surface area contributed by atoms with Crippen LogP contribution < -0.4 is 0 Å². The van der Waals surface area contributed by atoms with Crippen LogP contribution in [0.1, 0.15) is 0 Å². The van der Waals surface area contributed by atoms with E-state index in [0.717, 1.165) is 0 Å². The van der Waals surface area contributed by atoms with Gasteiger partial charge in [-0.3, -0.25) is 0 Å². The normalized spacial score (nSPS) is 11.4. The number of hydrogen-bond donors (Lipinski definition) is 3. The van der Waals surface area contributed by atoms with E-state index in [0.29, 0.717) is 16.4 Å². The number of halogens is 1. The predicted molar refractivity (Wildman–Crippen MR) is 66.4 cm³/mol. The number of rotatable bonds is 0. The second-order valence-electron chi connectivity index (χ2n) is 3.66. The summed E-state index contributed by atoms with van der Waals surface area (Å²) in [5, 5.41) is 30.4. The Labute approximate surface area is 104 Å². The molecular weight excluding hydrogens is 288 g/mol. The standard InChI is InChI=1S/C12H7BrO4/c13-8-9(14)7-5-3-1-2-4-6(5)17-12(7)11(16)10(8)15/h1-4,14-16H. The first kappa shape index (κ1) is 10.3. The van der Waals surface area contributed by atoms with Crippen LogP contribution in [-0.2, 0) is 0 Å². The van der Waals surface area contributed by atoms with Crippen LogP contribution in [-0.4, -0.2) is 15.3 Å². The zero-order valence-electron chi connectivity index (χ0n) is 8.44. The van der Waals surface area contributed by atoms with Crippen molar-refractivity contribution in [2.45, 2.75) is 0 Å². The third kappa shape index (κ3) is 1.23. The maximum atomic E-state index is 9.97. The lowest BCUT2D eigenvalue weighted by atomic mass is 10.1. The molecule has 0 atom stereocenters. The van der Waals surface area contributed by atoms with Crippen molar-refractivity contribution in [3.8, 4) is 17.2 Å². The maximum Gasteiger partial charge on any atom is 0.203 e. The number of aromatic hydroxyl groups is 3. The second kappa shape index (κ2) is 3.30. The SMILES string of the molecule is Oc1c(Br)c(O)c2c(oc3ccccc32)c1O. The number of hydrogen-bond acceptors (Lipinski definition) is 4. The molecule has 0 aliphatic rings. The fourth-order valence-corrected chi connectivity index (χ4v) is 2.27. The lowest BCUT2D eigenvalue weighted by Crippen LogP contribution is -1.76. The van der Waals surface area contributed by atoms with Crippen molar-refractivity contribution in [2.24, 2.45) is 0 Å². The molecule has 2 aromatic carbocycles. The van der Waals surface area contributed by atoms with Gasteiger partial charge >= 0.3 is 0 Å². The van der Waals surface area contributed by atoms with Crippen molar-refractivity contribution in [1.82, 2.24) is 0 Å². The van der Waals surface area contributed by atoms with E-state index in [1.54, 1.807) is 24.3 Å². The van der Waals surface area contributed by atoms with Gasteiger partial charge in [0.2, 0.25) is 5.75 Å². The first-order valence-electron chi connectivity index (χ1n) is 4.85. The van der Waals surface area contributed by atoms with Crippen molar-refractivity contribution in [3.63, 3.8) is 0 Å². The number of benzene rings is 2. The Hall–Kier alpha value is -1.88. The quantitative estimate of drug-likeness (QED) is 0.438. The van der Waals surface area contributed by atoms with Crippen molar-refractivity contribution in [2.75, 3.05) is 0 Å². The van der Waals surface area contributed by atoms with E-state index in [1.807, 2.05) is 0 Å². The largest absolute Gasteiger partial charge is 0.506 e. The predicted octanol–water partition coefficient (Wildman–Crippen LogP) is 3.47. The maximum absolute atomic E-state index is 9.97. The Morgan fingerprint density at radius 1 is 0.941 bits per heavy atom. The second-order valence-corrected chi connectivity index (χ2v) is 4.46. The Bertz CT molecular complexity index is 745. The molecule has 0 spiro atoms. The van der Waals surface area contributed by atoms with Crippen LogP contribution in [0.2, 0.25) is 0 Å². The van der Waals surface area contributed by atoms with E-state index in [9.17, 15) is 15.3 Å². The number of furan rings is 1. The van der Waals surface area contributed by atoms with Gasteiger partial charge in [0.1, 0.15) is 15.8 Å². The van der Waals surface area contributed by atoms with Gasteiger partial charge in [-0.05, 0) is 22.0 Å². The molecule has 86 valence electrons. The summed E-state index contributed by atoms with van der Waals surface area (Å²) in [6.07, 6.45) is 0. The molecule has 0 saturated carbocycles. The van der Waals surface area contributed by atoms with E-state index in [2.05, 4.69) is 15.9 Å².